The molecule has 2 N–H and O–H groups in total. The molecular weight excluding hydrogens is 443 g/mol. The minimum atomic E-state index is -0.339. The van der Waals surface area contributed by atoms with Gasteiger partial charge >= 0.3 is 0 Å². The highest BCUT2D eigenvalue weighted by atomic mass is 19.1. The molecule has 0 radical (unpaired) electrons. The number of pyridine rings is 1. The number of rotatable bonds is 7. The quantitative estimate of drug-likeness (QED) is 0.320. The van der Waals surface area contributed by atoms with Crippen LogP contribution in [0.25, 0.3) is 33.5 Å². The minimum absolute atomic E-state index is 0.252. The molecule has 0 atom stereocenters. The maximum atomic E-state index is 13.5. The highest BCUT2D eigenvalue weighted by Crippen LogP contribution is 2.32. The largest absolute Gasteiger partial charge is 0.494 e. The summed E-state index contributed by atoms with van der Waals surface area (Å²) in [6, 6.07) is 25.0. The van der Waals surface area contributed by atoms with Gasteiger partial charge in [-0.05, 0) is 67.1 Å². The fourth-order valence-corrected chi connectivity index (χ4v) is 3.94. The summed E-state index contributed by atoms with van der Waals surface area (Å²) in [6.45, 7) is 2.89. The predicted molar refractivity (Wildman–Crippen MR) is 133 cm³/mol. The van der Waals surface area contributed by atoms with Crippen LogP contribution in [0.3, 0.4) is 0 Å². The van der Waals surface area contributed by atoms with E-state index < -0.39 is 0 Å². The highest BCUT2D eigenvalue weighted by molar-refractivity contribution is 6.10. The summed E-state index contributed by atoms with van der Waals surface area (Å²) >= 11 is 0. The van der Waals surface area contributed by atoms with Gasteiger partial charge in [-0.3, -0.25) is 9.89 Å². The number of H-pyrrole nitrogens is 1. The zero-order valence-corrected chi connectivity index (χ0v) is 19.1. The first-order chi connectivity index (χ1) is 17.1. The molecule has 0 spiro atoms. The van der Waals surface area contributed by atoms with Gasteiger partial charge in [0.1, 0.15) is 11.6 Å². The van der Waals surface area contributed by atoms with Crippen molar-refractivity contribution in [1.82, 2.24) is 20.5 Å². The van der Waals surface area contributed by atoms with Gasteiger partial charge in [-0.25, -0.2) is 9.37 Å². The second-order valence-electron chi connectivity index (χ2n) is 7.98. The second-order valence-corrected chi connectivity index (χ2v) is 7.98. The number of amides is 1. The molecule has 0 saturated carbocycles. The summed E-state index contributed by atoms with van der Waals surface area (Å²) in [5.74, 6) is 0.170. The summed E-state index contributed by atoms with van der Waals surface area (Å²) in [5.41, 5.74) is 4.59. The number of aromatic amines is 1. The summed E-state index contributed by atoms with van der Waals surface area (Å²) in [4.78, 5) is 18.1. The molecule has 0 aliphatic carbocycles. The van der Waals surface area contributed by atoms with Gasteiger partial charge < -0.3 is 10.1 Å². The minimum Gasteiger partial charge on any atom is -0.494 e. The zero-order valence-electron chi connectivity index (χ0n) is 19.1. The lowest BCUT2D eigenvalue weighted by Crippen LogP contribution is -2.23. The van der Waals surface area contributed by atoms with E-state index in [-0.39, 0.29) is 11.7 Å². The van der Waals surface area contributed by atoms with E-state index in [0.717, 1.165) is 16.9 Å². The normalized spacial score (nSPS) is 10.9. The molecule has 0 aliphatic rings. The van der Waals surface area contributed by atoms with Crippen LogP contribution in [0.1, 0.15) is 22.8 Å². The highest BCUT2D eigenvalue weighted by Gasteiger charge is 2.20. The first-order valence-corrected chi connectivity index (χ1v) is 11.3. The third-order valence-electron chi connectivity index (χ3n) is 5.66. The molecule has 6 nitrogen and oxygen atoms in total. The van der Waals surface area contributed by atoms with Crippen molar-refractivity contribution in [3.05, 3.63) is 102 Å². The second kappa shape index (κ2) is 9.77. The third kappa shape index (κ3) is 4.75. The van der Waals surface area contributed by atoms with Gasteiger partial charge in [-0.15, -0.1) is 0 Å². The molecule has 5 aromatic rings. The van der Waals surface area contributed by atoms with Gasteiger partial charge in [0.15, 0.2) is 5.65 Å². The van der Waals surface area contributed by atoms with Gasteiger partial charge in [0.2, 0.25) is 0 Å². The lowest BCUT2D eigenvalue weighted by molar-refractivity contribution is 0.0952. The van der Waals surface area contributed by atoms with E-state index in [1.165, 1.54) is 12.1 Å². The summed E-state index contributed by atoms with van der Waals surface area (Å²) in [5, 5.41) is 10.9. The van der Waals surface area contributed by atoms with Crippen molar-refractivity contribution in [1.29, 1.82) is 0 Å². The maximum absolute atomic E-state index is 13.5. The van der Waals surface area contributed by atoms with Crippen LogP contribution in [0.5, 0.6) is 5.75 Å². The van der Waals surface area contributed by atoms with Crippen molar-refractivity contribution in [3.63, 3.8) is 0 Å². The Morgan fingerprint density at radius 2 is 1.69 bits per heavy atom. The van der Waals surface area contributed by atoms with Crippen molar-refractivity contribution >= 4 is 16.9 Å². The number of nitrogens with zero attached hydrogens (tertiary/aromatic N) is 2. The summed E-state index contributed by atoms with van der Waals surface area (Å²) < 4.78 is 19.1. The van der Waals surface area contributed by atoms with Gasteiger partial charge in [0.05, 0.1) is 28.9 Å². The monoisotopic (exact) mass is 466 g/mol. The average Bonchev–Trinajstić information content (AvgIpc) is 3.32. The molecular formula is C28H23FN4O2. The first kappa shape index (κ1) is 22.3. The fraction of sp³-hybridized carbons (Fsp3) is 0.107. The van der Waals surface area contributed by atoms with E-state index >= 15 is 0 Å². The van der Waals surface area contributed by atoms with E-state index in [4.69, 9.17) is 9.72 Å². The molecule has 35 heavy (non-hydrogen) atoms. The lowest BCUT2D eigenvalue weighted by atomic mass is 10.0. The number of benzene rings is 3. The van der Waals surface area contributed by atoms with Crippen molar-refractivity contribution < 1.29 is 13.9 Å². The van der Waals surface area contributed by atoms with Crippen LogP contribution in [0, 0.1) is 5.82 Å². The lowest BCUT2D eigenvalue weighted by Gasteiger charge is -2.10. The van der Waals surface area contributed by atoms with Gasteiger partial charge in [-0.1, -0.05) is 30.3 Å². The molecule has 174 valence electrons. The number of ether oxygens (including phenoxy) is 1. The number of fused-ring (bicyclic) bond motifs is 1. The van der Waals surface area contributed by atoms with Gasteiger partial charge in [-0.2, -0.15) is 5.10 Å². The smallest absolute Gasteiger partial charge is 0.252 e. The summed E-state index contributed by atoms with van der Waals surface area (Å²) in [7, 11) is 0. The number of nitrogens with one attached hydrogen (secondary N) is 2. The zero-order chi connectivity index (χ0) is 24.2. The molecule has 0 unspecified atom stereocenters. The Hall–Kier alpha value is -4.52. The van der Waals surface area contributed by atoms with Crippen molar-refractivity contribution in [3.8, 4) is 28.3 Å². The SMILES string of the molecule is CCOc1ccc(-c2cc(C(=O)NCc3ccccc3)c3c(-c4ccc(F)cc4)[nH]nc3n2)cc1. The van der Waals surface area contributed by atoms with E-state index in [0.29, 0.717) is 46.7 Å². The van der Waals surface area contributed by atoms with Crippen LogP contribution in [-0.2, 0) is 6.54 Å². The van der Waals surface area contributed by atoms with E-state index in [9.17, 15) is 9.18 Å². The van der Waals surface area contributed by atoms with E-state index in [1.54, 1.807) is 18.2 Å². The van der Waals surface area contributed by atoms with Crippen LogP contribution < -0.4 is 10.1 Å². The van der Waals surface area contributed by atoms with Crippen molar-refractivity contribution in [2.24, 2.45) is 0 Å². The predicted octanol–water partition coefficient (Wildman–Crippen LogP) is 5.76. The van der Waals surface area contributed by atoms with Gasteiger partial charge in [0.25, 0.3) is 5.91 Å². The number of carbonyl (C=O) groups excluding carboxylic acids is 1. The fourth-order valence-electron chi connectivity index (χ4n) is 3.94. The molecule has 7 heteroatoms. The van der Waals surface area contributed by atoms with Crippen LogP contribution in [0.2, 0.25) is 0 Å². The maximum Gasteiger partial charge on any atom is 0.252 e. The Morgan fingerprint density at radius 3 is 2.40 bits per heavy atom. The first-order valence-electron chi connectivity index (χ1n) is 11.3. The topological polar surface area (TPSA) is 79.9 Å². The third-order valence-corrected chi connectivity index (χ3v) is 5.66. The molecule has 0 fully saturated rings. The van der Waals surface area contributed by atoms with Crippen molar-refractivity contribution in [2.75, 3.05) is 6.61 Å². The number of aromatic nitrogens is 3. The summed E-state index contributed by atoms with van der Waals surface area (Å²) in [6.07, 6.45) is 0. The molecule has 3 aromatic carbocycles. The van der Waals surface area contributed by atoms with Gasteiger partial charge in [0, 0.05) is 17.7 Å². The van der Waals surface area contributed by atoms with Crippen LogP contribution in [0.4, 0.5) is 4.39 Å². The average molecular weight is 467 g/mol. The molecule has 5 rings (SSSR count). The Kier molecular flexibility index (Phi) is 6.22. The molecule has 0 bridgehead atoms. The number of hydrogen-bond acceptors (Lipinski definition) is 4. The number of carbonyl (C=O) groups is 1. The number of hydrogen-bond donors (Lipinski definition) is 2. The van der Waals surface area contributed by atoms with E-state index in [1.807, 2.05) is 61.5 Å². The molecule has 0 saturated heterocycles. The number of halogens is 1. The Balaban J connectivity index is 1.59. The molecule has 1 amide bonds. The molecule has 2 aromatic heterocycles. The Morgan fingerprint density at radius 1 is 0.971 bits per heavy atom. The van der Waals surface area contributed by atoms with Crippen LogP contribution in [-0.4, -0.2) is 27.7 Å². The Bertz CT molecular complexity index is 1460. The van der Waals surface area contributed by atoms with Crippen LogP contribution in [0.15, 0.2) is 84.9 Å². The molecule has 0 aliphatic heterocycles. The van der Waals surface area contributed by atoms with Crippen LogP contribution >= 0.6 is 0 Å². The van der Waals surface area contributed by atoms with Crippen molar-refractivity contribution in [2.45, 2.75) is 13.5 Å². The molecule has 2 heterocycles. The standard InChI is InChI=1S/C28H23FN4O2/c1-2-35-22-14-10-19(11-15-22)24-16-23(28(34)30-17-18-6-4-3-5-7-18)25-26(32-33-27(25)31-24)20-8-12-21(29)13-9-20/h3-16H,2,17H2,1H3,(H,30,34)(H,31,32,33). The van der Waals surface area contributed by atoms with E-state index in [2.05, 4.69) is 15.5 Å². The Labute approximate surface area is 201 Å².